The van der Waals surface area contributed by atoms with Crippen LogP contribution in [0.3, 0.4) is 0 Å². The maximum absolute atomic E-state index is 13.8. The van der Waals surface area contributed by atoms with Gasteiger partial charge >= 0.3 is 7.40 Å². The van der Waals surface area contributed by atoms with E-state index in [1.54, 1.807) is 20.0 Å². The van der Waals surface area contributed by atoms with Crippen LogP contribution in [0.15, 0.2) is 101 Å². The van der Waals surface area contributed by atoms with Crippen molar-refractivity contribution in [2.24, 2.45) is 4.99 Å². The molecule has 0 atom stereocenters. The van der Waals surface area contributed by atoms with Gasteiger partial charge in [-0.15, -0.1) is 0 Å². The standard InChI is InChI=1S/C35H33BF2N2/c1-22(20-33-23(2)19-24(3)40(33)36(37)38)25(4)34(26(5)39-6)27-15-17-28(18-16-27)35-31-13-9-7-11-29(31)21-30-12-8-10-14-32(30)35/h7-21H,1-6H3/b22-20+,34-25+,39-26+. The second kappa shape index (κ2) is 11.1. The van der Waals surface area contributed by atoms with E-state index in [9.17, 15) is 8.63 Å². The highest BCUT2D eigenvalue weighted by atomic mass is 19.2. The highest BCUT2D eigenvalue weighted by Gasteiger charge is 2.23. The van der Waals surface area contributed by atoms with E-state index in [2.05, 4.69) is 83.9 Å². The molecular weight excluding hydrogens is 497 g/mol. The monoisotopic (exact) mass is 530 g/mol. The van der Waals surface area contributed by atoms with Crippen LogP contribution in [0.5, 0.6) is 0 Å². The zero-order chi connectivity index (χ0) is 28.6. The van der Waals surface area contributed by atoms with E-state index < -0.39 is 7.40 Å². The number of fused-ring (bicyclic) bond motifs is 2. The van der Waals surface area contributed by atoms with Crippen molar-refractivity contribution in [3.8, 4) is 11.1 Å². The van der Waals surface area contributed by atoms with Crippen LogP contribution in [-0.2, 0) is 0 Å². The molecule has 1 aromatic heterocycles. The molecule has 0 aliphatic carbocycles. The number of aromatic nitrogens is 1. The van der Waals surface area contributed by atoms with Gasteiger partial charge in [-0.25, -0.2) is 0 Å². The first-order valence-corrected chi connectivity index (χ1v) is 13.5. The molecule has 0 N–H and O–H groups in total. The van der Waals surface area contributed by atoms with Gasteiger partial charge in [0.2, 0.25) is 0 Å². The molecule has 0 saturated carbocycles. The third-order valence-electron chi connectivity index (χ3n) is 7.91. The summed E-state index contributed by atoms with van der Waals surface area (Å²) in [6, 6.07) is 29.7. The maximum Gasteiger partial charge on any atom is 0.677 e. The predicted molar refractivity (Wildman–Crippen MR) is 169 cm³/mol. The quantitative estimate of drug-likeness (QED) is 0.0900. The number of halogens is 2. The molecule has 5 aromatic rings. The van der Waals surface area contributed by atoms with Crippen molar-refractivity contribution < 1.29 is 8.63 Å². The topological polar surface area (TPSA) is 17.3 Å². The van der Waals surface area contributed by atoms with Crippen LogP contribution in [0, 0.1) is 13.8 Å². The Balaban J connectivity index is 1.64. The molecule has 5 heteroatoms. The first kappa shape index (κ1) is 27.3. The van der Waals surface area contributed by atoms with Crippen molar-refractivity contribution in [3.05, 3.63) is 119 Å². The van der Waals surface area contributed by atoms with Crippen LogP contribution in [-0.4, -0.2) is 24.6 Å². The van der Waals surface area contributed by atoms with E-state index in [1.807, 2.05) is 33.8 Å². The van der Waals surface area contributed by atoms with Crippen molar-refractivity contribution >= 4 is 46.3 Å². The number of aliphatic imine (C=N–C) groups is 1. The number of nitrogens with zero attached hydrogens (tertiary/aromatic N) is 2. The van der Waals surface area contributed by atoms with Gasteiger partial charge in [-0.3, -0.25) is 13.6 Å². The lowest BCUT2D eigenvalue weighted by Crippen LogP contribution is -2.16. The summed E-state index contributed by atoms with van der Waals surface area (Å²) in [4.78, 5) is 4.51. The maximum atomic E-state index is 13.8. The highest BCUT2D eigenvalue weighted by Crippen LogP contribution is 2.37. The molecule has 40 heavy (non-hydrogen) atoms. The molecule has 4 aromatic carbocycles. The van der Waals surface area contributed by atoms with Gasteiger partial charge in [0, 0.05) is 29.7 Å². The van der Waals surface area contributed by atoms with E-state index in [1.165, 1.54) is 27.1 Å². The molecule has 0 amide bonds. The molecule has 200 valence electrons. The average Bonchev–Trinajstić information content (AvgIpc) is 3.24. The molecular formula is C35H33BF2N2. The summed E-state index contributed by atoms with van der Waals surface area (Å²) in [5.74, 6) is 0. The van der Waals surface area contributed by atoms with E-state index in [0.29, 0.717) is 11.4 Å². The molecule has 0 unspecified atom stereocenters. The van der Waals surface area contributed by atoms with Gasteiger partial charge in [0.05, 0.1) is 0 Å². The minimum absolute atomic E-state index is 0.535. The Morgan fingerprint density at radius 2 is 1.38 bits per heavy atom. The molecule has 0 aliphatic heterocycles. The van der Waals surface area contributed by atoms with Crippen LogP contribution in [0.25, 0.3) is 44.3 Å². The number of rotatable bonds is 6. The lowest BCUT2D eigenvalue weighted by atomic mass is 9.89. The summed E-state index contributed by atoms with van der Waals surface area (Å²) in [6.07, 6.45) is 1.86. The molecule has 0 bridgehead atoms. The molecule has 5 rings (SSSR count). The van der Waals surface area contributed by atoms with Gasteiger partial charge in [0.1, 0.15) is 0 Å². The third kappa shape index (κ3) is 4.92. The summed E-state index contributed by atoms with van der Waals surface area (Å²) < 4.78 is 28.8. The fraction of sp³-hybridized carbons (Fsp3) is 0.171. The lowest BCUT2D eigenvalue weighted by molar-refractivity contribution is 0.624. The Hall–Kier alpha value is -4.25. The lowest BCUT2D eigenvalue weighted by Gasteiger charge is -2.16. The Labute approximate surface area is 235 Å². The summed E-state index contributed by atoms with van der Waals surface area (Å²) in [5, 5.41) is 4.87. The predicted octanol–water partition coefficient (Wildman–Crippen LogP) is 9.82. The number of aryl methyl sites for hydroxylation is 2. The van der Waals surface area contributed by atoms with Crippen molar-refractivity contribution in [2.75, 3.05) is 7.05 Å². The minimum Gasteiger partial charge on any atom is -0.329 e. The number of hydrogen-bond donors (Lipinski definition) is 0. The average molecular weight is 530 g/mol. The van der Waals surface area contributed by atoms with Crippen LogP contribution >= 0.6 is 0 Å². The SMILES string of the molecule is C/N=C(C)/C(=C(C)\C(C)=C\c1c(C)cc(C)n1B(F)F)c1ccc(-c2c3ccccc3cc3ccccc23)cc1. The molecule has 0 fully saturated rings. The summed E-state index contributed by atoms with van der Waals surface area (Å²) >= 11 is 0. The molecule has 1 heterocycles. The smallest absolute Gasteiger partial charge is 0.329 e. The fourth-order valence-corrected chi connectivity index (χ4v) is 5.73. The molecule has 2 nitrogen and oxygen atoms in total. The van der Waals surface area contributed by atoms with Crippen molar-refractivity contribution in [1.82, 2.24) is 4.48 Å². The van der Waals surface area contributed by atoms with Gasteiger partial charge in [0.15, 0.2) is 0 Å². The van der Waals surface area contributed by atoms with Crippen molar-refractivity contribution in [3.63, 3.8) is 0 Å². The van der Waals surface area contributed by atoms with E-state index >= 15 is 0 Å². The van der Waals surface area contributed by atoms with Gasteiger partial charge in [-0.1, -0.05) is 72.8 Å². The van der Waals surface area contributed by atoms with Crippen molar-refractivity contribution in [1.29, 1.82) is 0 Å². The first-order valence-electron chi connectivity index (χ1n) is 13.5. The molecule has 0 radical (unpaired) electrons. The summed E-state index contributed by atoms with van der Waals surface area (Å²) in [5.41, 5.74) is 9.16. The van der Waals surface area contributed by atoms with Gasteiger partial charge < -0.3 is 4.48 Å². The number of benzene rings is 4. The highest BCUT2D eigenvalue weighted by molar-refractivity contribution is 6.41. The van der Waals surface area contributed by atoms with Crippen molar-refractivity contribution in [2.45, 2.75) is 34.6 Å². The first-order chi connectivity index (χ1) is 19.2. The molecule has 0 spiro atoms. The summed E-state index contributed by atoms with van der Waals surface area (Å²) in [6.45, 7) is 9.61. The second-order valence-corrected chi connectivity index (χ2v) is 10.4. The van der Waals surface area contributed by atoms with Crippen LogP contribution < -0.4 is 0 Å². The minimum atomic E-state index is -2.59. The van der Waals surface area contributed by atoms with Gasteiger partial charge in [-0.05, 0) is 108 Å². The van der Waals surface area contributed by atoms with Crippen LogP contribution in [0.2, 0.25) is 0 Å². The van der Waals surface area contributed by atoms with Gasteiger partial charge in [0.25, 0.3) is 0 Å². The molecule has 0 aliphatic rings. The number of allylic oxidation sites excluding steroid dienone is 3. The van der Waals surface area contributed by atoms with E-state index in [4.69, 9.17) is 0 Å². The Kier molecular flexibility index (Phi) is 7.58. The Morgan fingerprint density at radius 1 is 0.800 bits per heavy atom. The Bertz CT molecular complexity index is 1770. The normalized spacial score (nSPS) is 13.2. The zero-order valence-electron chi connectivity index (χ0n) is 23.9. The third-order valence-corrected chi connectivity index (χ3v) is 7.91. The fourth-order valence-electron chi connectivity index (χ4n) is 5.73. The Morgan fingerprint density at radius 3 is 1.93 bits per heavy atom. The van der Waals surface area contributed by atoms with Crippen LogP contribution in [0.1, 0.15) is 43.3 Å². The summed E-state index contributed by atoms with van der Waals surface area (Å²) in [7, 11) is -0.804. The second-order valence-electron chi connectivity index (χ2n) is 10.4. The van der Waals surface area contributed by atoms with Crippen LogP contribution in [0.4, 0.5) is 8.63 Å². The van der Waals surface area contributed by atoms with Gasteiger partial charge in [-0.2, -0.15) is 0 Å². The van der Waals surface area contributed by atoms with E-state index in [0.717, 1.165) is 43.6 Å². The molecule has 0 saturated heterocycles. The number of hydrogen-bond acceptors (Lipinski definition) is 1. The zero-order valence-corrected chi connectivity index (χ0v) is 23.9. The van der Waals surface area contributed by atoms with E-state index in [-0.39, 0.29) is 0 Å². The largest absolute Gasteiger partial charge is 0.677 e.